The molecule has 1 fully saturated rings. The van der Waals surface area contributed by atoms with Crippen LogP contribution < -0.4 is 11.1 Å². The van der Waals surface area contributed by atoms with Crippen molar-refractivity contribution in [2.45, 2.75) is 38.6 Å². The van der Waals surface area contributed by atoms with Crippen LogP contribution in [-0.2, 0) is 11.2 Å². The van der Waals surface area contributed by atoms with Gasteiger partial charge >= 0.3 is 0 Å². The number of aryl methyl sites for hydroxylation is 1. The van der Waals surface area contributed by atoms with Crippen molar-refractivity contribution in [2.24, 2.45) is 0 Å². The van der Waals surface area contributed by atoms with Crippen LogP contribution in [0.1, 0.15) is 48.1 Å². The zero-order chi connectivity index (χ0) is 29.6. The number of nitrogens with zero attached hydrogens (tertiary/aromatic N) is 7. The van der Waals surface area contributed by atoms with E-state index in [0.29, 0.717) is 53.6 Å². The fourth-order valence-corrected chi connectivity index (χ4v) is 5.23. The van der Waals surface area contributed by atoms with Crippen LogP contribution in [0.2, 0.25) is 0 Å². The second-order valence-electron chi connectivity index (χ2n) is 10.8. The van der Waals surface area contributed by atoms with Crippen molar-refractivity contribution < 1.29 is 9.59 Å². The molecule has 0 radical (unpaired) electrons. The number of fused-ring (bicyclic) bond motifs is 1. The van der Waals surface area contributed by atoms with E-state index in [0.717, 1.165) is 36.8 Å². The van der Waals surface area contributed by atoms with Crippen molar-refractivity contribution in [3.05, 3.63) is 72.2 Å². The second kappa shape index (κ2) is 12.9. The molecule has 11 nitrogen and oxygen atoms in total. The summed E-state index contributed by atoms with van der Waals surface area (Å²) in [5, 5.41) is 8.49. The Morgan fingerprint density at radius 2 is 1.95 bits per heavy atom. The first kappa shape index (κ1) is 28.9. The summed E-state index contributed by atoms with van der Waals surface area (Å²) < 4.78 is 1.88. The molecule has 1 aliphatic rings. The van der Waals surface area contributed by atoms with Crippen LogP contribution in [0, 0.1) is 0 Å². The van der Waals surface area contributed by atoms with Crippen LogP contribution in [0.25, 0.3) is 22.3 Å². The minimum absolute atomic E-state index is 0.00599. The Morgan fingerprint density at radius 3 is 2.71 bits per heavy atom. The molecule has 0 saturated carbocycles. The van der Waals surface area contributed by atoms with E-state index >= 15 is 0 Å². The summed E-state index contributed by atoms with van der Waals surface area (Å²) in [6.45, 7) is 4.05. The molecule has 4 aromatic rings. The molecule has 1 saturated heterocycles. The number of likely N-dealkylation sites (N-methyl/N-ethyl adjacent to an activating group) is 1. The molecular formula is C31H37N9O2. The highest BCUT2D eigenvalue weighted by molar-refractivity contribution is 6.04. The molecule has 0 bridgehead atoms. The number of nitrogens with two attached hydrogens (primary N) is 1. The van der Waals surface area contributed by atoms with Crippen LogP contribution >= 0.6 is 0 Å². The molecule has 5 rings (SSSR count). The van der Waals surface area contributed by atoms with Gasteiger partial charge in [-0.1, -0.05) is 31.6 Å². The predicted octanol–water partition coefficient (Wildman–Crippen LogP) is 3.96. The predicted molar refractivity (Wildman–Crippen MR) is 164 cm³/mol. The van der Waals surface area contributed by atoms with Gasteiger partial charge in [-0.05, 0) is 63.2 Å². The van der Waals surface area contributed by atoms with Crippen molar-refractivity contribution in [2.75, 3.05) is 44.8 Å². The average Bonchev–Trinajstić information content (AvgIpc) is 3.38. The Morgan fingerprint density at radius 1 is 1.14 bits per heavy atom. The van der Waals surface area contributed by atoms with E-state index in [1.165, 1.54) is 6.33 Å². The Labute approximate surface area is 245 Å². The van der Waals surface area contributed by atoms with Crippen LogP contribution in [0.5, 0.6) is 0 Å². The molecule has 11 heteroatoms. The fourth-order valence-electron chi connectivity index (χ4n) is 5.23. The van der Waals surface area contributed by atoms with Crippen molar-refractivity contribution >= 4 is 34.5 Å². The molecule has 1 atom stereocenters. The first-order chi connectivity index (χ1) is 20.3. The van der Waals surface area contributed by atoms with Gasteiger partial charge in [0, 0.05) is 43.0 Å². The Balaban J connectivity index is 1.38. The van der Waals surface area contributed by atoms with Gasteiger partial charge in [0.25, 0.3) is 5.91 Å². The summed E-state index contributed by atoms with van der Waals surface area (Å²) in [5.41, 5.74) is 10.0. The van der Waals surface area contributed by atoms with Crippen LogP contribution in [0.4, 0.5) is 11.6 Å². The molecule has 42 heavy (non-hydrogen) atoms. The first-order valence-corrected chi connectivity index (χ1v) is 14.3. The molecule has 218 valence electrons. The van der Waals surface area contributed by atoms with E-state index in [4.69, 9.17) is 10.8 Å². The number of pyridine rings is 1. The third kappa shape index (κ3) is 6.46. The van der Waals surface area contributed by atoms with E-state index in [9.17, 15) is 9.59 Å². The van der Waals surface area contributed by atoms with Gasteiger partial charge in [-0.25, -0.2) is 19.6 Å². The van der Waals surface area contributed by atoms with Crippen molar-refractivity contribution in [1.29, 1.82) is 0 Å². The highest BCUT2D eigenvalue weighted by Crippen LogP contribution is 2.34. The lowest BCUT2D eigenvalue weighted by Crippen LogP contribution is -2.40. The molecule has 0 spiro atoms. The van der Waals surface area contributed by atoms with Gasteiger partial charge in [-0.15, -0.1) is 0 Å². The van der Waals surface area contributed by atoms with Crippen LogP contribution in [-0.4, -0.2) is 80.1 Å². The smallest absolute Gasteiger partial charge is 0.256 e. The summed E-state index contributed by atoms with van der Waals surface area (Å²) in [5.74, 6) is 0.607. The van der Waals surface area contributed by atoms with Gasteiger partial charge in [0.05, 0.1) is 11.4 Å². The SMILES string of the molecule is CCCc1ccnc(NC(=O)c2ccc(-c3nn([C@@H]4CCCN(C(=O)C=CCN(C)C)C4)c4ncnc(N)c34)cc2)c1. The van der Waals surface area contributed by atoms with Crippen molar-refractivity contribution in [3.63, 3.8) is 0 Å². The molecule has 3 N–H and O–H groups in total. The number of rotatable bonds is 9. The van der Waals surface area contributed by atoms with E-state index in [1.54, 1.807) is 24.4 Å². The lowest BCUT2D eigenvalue weighted by atomic mass is 10.1. The number of hydrogen-bond donors (Lipinski definition) is 2. The molecule has 0 aliphatic carbocycles. The van der Waals surface area contributed by atoms with Crippen LogP contribution in [0.15, 0.2) is 61.1 Å². The molecule has 1 aliphatic heterocycles. The number of piperidine rings is 1. The third-order valence-electron chi connectivity index (χ3n) is 7.33. The lowest BCUT2D eigenvalue weighted by Gasteiger charge is -2.32. The molecule has 2 amide bonds. The number of anilines is 2. The van der Waals surface area contributed by atoms with Gasteiger partial charge in [0.2, 0.25) is 5.91 Å². The highest BCUT2D eigenvalue weighted by atomic mass is 16.2. The molecule has 0 unspecified atom stereocenters. The normalized spacial score (nSPS) is 15.5. The quantitative estimate of drug-likeness (QED) is 0.290. The topological polar surface area (TPSA) is 135 Å². The number of aromatic nitrogens is 5. The number of nitrogens with one attached hydrogen (secondary N) is 1. The zero-order valence-corrected chi connectivity index (χ0v) is 24.3. The Kier molecular flexibility index (Phi) is 8.87. The number of nitrogen functional groups attached to an aromatic ring is 1. The van der Waals surface area contributed by atoms with E-state index in [1.807, 2.05) is 58.9 Å². The van der Waals surface area contributed by atoms with Gasteiger partial charge < -0.3 is 20.9 Å². The van der Waals surface area contributed by atoms with E-state index < -0.39 is 0 Å². The zero-order valence-electron chi connectivity index (χ0n) is 24.3. The minimum Gasteiger partial charge on any atom is -0.383 e. The minimum atomic E-state index is -0.243. The average molecular weight is 568 g/mol. The first-order valence-electron chi connectivity index (χ1n) is 14.3. The number of benzene rings is 1. The van der Waals surface area contributed by atoms with Gasteiger partial charge in [-0.2, -0.15) is 5.10 Å². The maximum Gasteiger partial charge on any atom is 0.256 e. The summed E-state index contributed by atoms with van der Waals surface area (Å²) in [7, 11) is 3.93. The maximum absolute atomic E-state index is 12.9. The number of carbonyl (C=O) groups excluding carboxylic acids is 2. The second-order valence-corrected chi connectivity index (χ2v) is 10.8. The summed E-state index contributed by atoms with van der Waals surface area (Å²) in [4.78, 5) is 42.7. The number of hydrogen-bond acceptors (Lipinski definition) is 8. The van der Waals surface area contributed by atoms with Gasteiger partial charge in [-0.3, -0.25) is 9.59 Å². The molecule has 3 aromatic heterocycles. The van der Waals surface area contributed by atoms with Crippen molar-refractivity contribution in [1.82, 2.24) is 34.5 Å². The monoisotopic (exact) mass is 567 g/mol. The standard InChI is InChI=1S/C31H37N9O2/c1-4-7-21-14-15-33-25(18-21)36-31(42)23-12-10-22(11-13-23)28-27-29(32)34-20-35-30(27)40(37-28)24-8-5-17-39(19-24)26(41)9-6-16-38(2)3/h6,9-15,18,20,24H,4-5,7-8,16-17,19H2,1-3H3,(H2,32,34,35)(H,33,36,42)/t24-/m1/s1. The van der Waals surface area contributed by atoms with Crippen LogP contribution in [0.3, 0.4) is 0 Å². The number of likely N-dealkylation sites (tertiary alicyclic amines) is 1. The van der Waals surface area contributed by atoms with E-state index in [2.05, 4.69) is 27.2 Å². The third-order valence-corrected chi connectivity index (χ3v) is 7.33. The number of amides is 2. The van der Waals surface area contributed by atoms with Crippen molar-refractivity contribution in [3.8, 4) is 11.3 Å². The maximum atomic E-state index is 12.9. The summed E-state index contributed by atoms with van der Waals surface area (Å²) >= 11 is 0. The Bertz CT molecular complexity index is 1590. The molecule has 1 aromatic carbocycles. The summed E-state index contributed by atoms with van der Waals surface area (Å²) in [6.07, 6.45) is 10.3. The lowest BCUT2D eigenvalue weighted by molar-refractivity contribution is -0.127. The molecular weight excluding hydrogens is 530 g/mol. The fraction of sp³-hybridized carbons (Fsp3) is 0.355. The van der Waals surface area contributed by atoms with Gasteiger partial charge in [0.1, 0.15) is 23.7 Å². The largest absolute Gasteiger partial charge is 0.383 e. The highest BCUT2D eigenvalue weighted by Gasteiger charge is 2.28. The Hall–Kier alpha value is -4.64. The summed E-state index contributed by atoms with van der Waals surface area (Å²) in [6, 6.07) is 11.0. The van der Waals surface area contributed by atoms with E-state index in [-0.39, 0.29) is 17.9 Å². The molecule has 4 heterocycles. The number of carbonyl (C=O) groups is 2. The van der Waals surface area contributed by atoms with Gasteiger partial charge in [0.15, 0.2) is 5.65 Å².